The van der Waals surface area contributed by atoms with Crippen molar-refractivity contribution in [1.82, 2.24) is 20.4 Å². The lowest BCUT2D eigenvalue weighted by Crippen LogP contribution is -2.61. The lowest BCUT2D eigenvalue weighted by atomic mass is 9.82. The summed E-state index contributed by atoms with van der Waals surface area (Å²) in [7, 11) is 1.24. The molecule has 2 aliphatic carbocycles. The van der Waals surface area contributed by atoms with E-state index in [1.165, 1.54) is 12.0 Å². The number of carbonyl (C=O) groups is 5. The van der Waals surface area contributed by atoms with Gasteiger partial charge in [0.05, 0.1) is 26.9 Å². The summed E-state index contributed by atoms with van der Waals surface area (Å²) in [6, 6.07) is 0.841. The maximum atomic E-state index is 14.4. The summed E-state index contributed by atoms with van der Waals surface area (Å²) >= 11 is 0. The van der Waals surface area contributed by atoms with E-state index in [2.05, 4.69) is 10.6 Å². The number of nitrogens with one attached hydrogen (secondary N) is 2. The van der Waals surface area contributed by atoms with E-state index >= 15 is 0 Å². The number of carbonyl (C=O) groups excluding carboxylic acids is 5. The van der Waals surface area contributed by atoms with E-state index in [0.29, 0.717) is 37.8 Å². The Kier molecular flexibility index (Phi) is 11.7. The van der Waals surface area contributed by atoms with Crippen LogP contribution < -0.4 is 20.1 Å². The molecule has 0 unspecified atom stereocenters. The summed E-state index contributed by atoms with van der Waals surface area (Å²) in [6.07, 6.45) is 6.81. The third-order valence-electron chi connectivity index (χ3n) is 11.0. The van der Waals surface area contributed by atoms with E-state index in [1.54, 1.807) is 4.90 Å². The zero-order chi connectivity index (χ0) is 37.0. The Morgan fingerprint density at radius 3 is 2.02 bits per heavy atom. The number of ether oxygens (including phenoxy) is 5. The van der Waals surface area contributed by atoms with Gasteiger partial charge in [-0.2, -0.15) is 0 Å². The third kappa shape index (κ3) is 8.69. The van der Waals surface area contributed by atoms with E-state index in [4.69, 9.17) is 23.7 Å². The molecule has 6 rings (SSSR count). The minimum absolute atomic E-state index is 0.0466. The molecule has 0 radical (unpaired) electrons. The lowest BCUT2D eigenvalue weighted by Gasteiger charge is -2.37. The molecule has 14 heteroatoms. The first kappa shape index (κ1) is 37.5. The molecule has 0 bridgehead atoms. The molecule has 1 aromatic carbocycles. The molecule has 1 aromatic rings. The fourth-order valence-electron chi connectivity index (χ4n) is 8.12. The van der Waals surface area contributed by atoms with Crippen molar-refractivity contribution >= 4 is 30.0 Å². The first-order chi connectivity index (χ1) is 24.9. The molecule has 3 fully saturated rings. The number of esters is 1. The number of methoxy groups -OCH3 is 1. The highest BCUT2D eigenvalue weighted by Gasteiger charge is 2.48. The topological polar surface area (TPSA) is 162 Å². The first-order valence-corrected chi connectivity index (χ1v) is 18.9. The van der Waals surface area contributed by atoms with E-state index in [1.807, 2.05) is 32.9 Å². The number of nitrogens with zero attached hydrogens (tertiary/aromatic N) is 2. The standard InChI is InChI=1S/C38H54N4O10/c1-38(2,3)32(40-33(43)31(23-11-6-5-7-12-23)39-36(46)51-26-13-8-9-14-26)34(44)42-22-27(19-28(42)35(45)48-4)52-37(47)41-20-24-17-29-30(18-25(24)21-41)50-16-10-15-49-29/h17-18,23,26-28,31-32H,5-16,19-22H2,1-4H3,(H,39,46)(H,40,43)/t27-,28+,31+,32-/m1/s1. The fourth-order valence-corrected chi connectivity index (χ4v) is 8.12. The van der Waals surface area contributed by atoms with E-state index in [9.17, 15) is 24.0 Å². The number of likely N-dealkylation sites (tertiary alicyclic amines) is 1. The number of amides is 4. The maximum absolute atomic E-state index is 14.4. The Morgan fingerprint density at radius 2 is 1.42 bits per heavy atom. The molecule has 5 aliphatic rings. The highest BCUT2D eigenvalue weighted by atomic mass is 16.6. The Morgan fingerprint density at radius 1 is 0.808 bits per heavy atom. The maximum Gasteiger partial charge on any atom is 0.410 e. The van der Waals surface area contributed by atoms with Crippen LogP contribution in [0.25, 0.3) is 0 Å². The summed E-state index contributed by atoms with van der Waals surface area (Å²) in [5.74, 6) is -0.406. The van der Waals surface area contributed by atoms with Crippen LogP contribution >= 0.6 is 0 Å². The van der Waals surface area contributed by atoms with Gasteiger partial charge in [0.25, 0.3) is 0 Å². The van der Waals surface area contributed by atoms with Crippen molar-refractivity contribution in [3.8, 4) is 11.5 Å². The highest BCUT2D eigenvalue weighted by molar-refractivity contribution is 5.94. The van der Waals surface area contributed by atoms with Gasteiger partial charge in [-0.15, -0.1) is 0 Å². The van der Waals surface area contributed by atoms with Gasteiger partial charge in [0.2, 0.25) is 11.8 Å². The quantitative estimate of drug-likeness (QED) is 0.286. The molecule has 0 aromatic heterocycles. The Bertz CT molecular complexity index is 1460. The highest BCUT2D eigenvalue weighted by Crippen LogP contribution is 2.37. The van der Waals surface area contributed by atoms with Crippen molar-refractivity contribution in [3.63, 3.8) is 0 Å². The number of alkyl carbamates (subject to hydrolysis) is 1. The van der Waals surface area contributed by atoms with Crippen molar-refractivity contribution in [2.45, 2.75) is 135 Å². The number of hydrogen-bond donors (Lipinski definition) is 2. The molecular weight excluding hydrogens is 672 g/mol. The van der Waals surface area contributed by atoms with Crippen molar-refractivity contribution in [1.29, 1.82) is 0 Å². The largest absolute Gasteiger partial charge is 0.490 e. The van der Waals surface area contributed by atoms with Crippen LogP contribution in [0, 0.1) is 11.3 Å². The van der Waals surface area contributed by atoms with Crippen LogP contribution in [0.3, 0.4) is 0 Å². The van der Waals surface area contributed by atoms with E-state index < -0.39 is 59.6 Å². The van der Waals surface area contributed by atoms with Crippen molar-refractivity contribution < 1.29 is 47.7 Å². The zero-order valence-corrected chi connectivity index (χ0v) is 30.9. The monoisotopic (exact) mass is 726 g/mol. The van der Waals surface area contributed by atoms with Crippen molar-refractivity contribution in [3.05, 3.63) is 23.3 Å². The van der Waals surface area contributed by atoms with Gasteiger partial charge in [-0.3, -0.25) is 14.5 Å². The average Bonchev–Trinajstić information content (AvgIpc) is 3.85. The summed E-state index contributed by atoms with van der Waals surface area (Å²) in [6.45, 7) is 7.19. The first-order valence-electron chi connectivity index (χ1n) is 18.9. The number of rotatable bonds is 8. The number of benzene rings is 1. The van der Waals surface area contributed by atoms with Crippen LogP contribution in [0.4, 0.5) is 9.59 Å². The van der Waals surface area contributed by atoms with E-state index in [0.717, 1.165) is 75.3 Å². The molecule has 1 saturated heterocycles. The van der Waals surface area contributed by atoms with Gasteiger partial charge < -0.3 is 39.2 Å². The lowest BCUT2D eigenvalue weighted by molar-refractivity contribution is -0.153. The predicted octanol–water partition coefficient (Wildman–Crippen LogP) is 4.59. The molecule has 286 valence electrons. The van der Waals surface area contributed by atoms with Crippen molar-refractivity contribution in [2.75, 3.05) is 26.9 Å². The average molecular weight is 727 g/mol. The zero-order valence-electron chi connectivity index (χ0n) is 30.9. The molecular formula is C38H54N4O10. The SMILES string of the molecule is COC(=O)[C@@H]1C[C@@H](OC(=O)N2Cc3cc4c(cc3C2)OCCCO4)CN1C(=O)[C@@H](NC(=O)[C@@H](NC(=O)OC1CCCC1)C1CCCCC1)C(C)(C)C. The van der Waals surface area contributed by atoms with Crippen LogP contribution in [0.5, 0.6) is 11.5 Å². The minimum Gasteiger partial charge on any atom is -0.490 e. The van der Waals surface area contributed by atoms with Crippen LogP contribution in [-0.2, 0) is 41.7 Å². The number of hydrogen-bond acceptors (Lipinski definition) is 10. The predicted molar refractivity (Wildman–Crippen MR) is 187 cm³/mol. The Labute approximate surface area is 305 Å². The molecule has 3 aliphatic heterocycles. The molecule has 52 heavy (non-hydrogen) atoms. The summed E-state index contributed by atoms with van der Waals surface area (Å²) in [4.78, 5) is 70.9. The second-order valence-corrected chi connectivity index (χ2v) is 15.9. The van der Waals surface area contributed by atoms with Crippen LogP contribution in [0.2, 0.25) is 0 Å². The van der Waals surface area contributed by atoms with Gasteiger partial charge in [0, 0.05) is 25.9 Å². The molecule has 14 nitrogen and oxygen atoms in total. The fraction of sp³-hybridized carbons (Fsp3) is 0.711. The molecule has 0 spiro atoms. The van der Waals surface area contributed by atoms with Crippen LogP contribution in [0.1, 0.15) is 103 Å². The van der Waals surface area contributed by atoms with E-state index in [-0.39, 0.29) is 25.0 Å². The van der Waals surface area contributed by atoms with Gasteiger partial charge >= 0.3 is 18.2 Å². The van der Waals surface area contributed by atoms with Crippen molar-refractivity contribution in [2.24, 2.45) is 11.3 Å². The van der Waals surface area contributed by atoms with Crippen LogP contribution in [-0.4, -0.2) is 97.0 Å². The van der Waals surface area contributed by atoms with Gasteiger partial charge in [-0.05, 0) is 73.1 Å². The summed E-state index contributed by atoms with van der Waals surface area (Å²) in [5.41, 5.74) is 1.10. The molecule has 4 amide bonds. The van der Waals surface area contributed by atoms with Gasteiger partial charge in [0.15, 0.2) is 11.5 Å². The summed E-state index contributed by atoms with van der Waals surface area (Å²) < 4.78 is 28.3. The smallest absolute Gasteiger partial charge is 0.410 e. The van der Waals surface area contributed by atoms with Gasteiger partial charge in [0.1, 0.15) is 30.3 Å². The van der Waals surface area contributed by atoms with Gasteiger partial charge in [-0.25, -0.2) is 14.4 Å². The van der Waals surface area contributed by atoms with Crippen LogP contribution in [0.15, 0.2) is 12.1 Å². The molecule has 2 N–H and O–H groups in total. The molecule has 4 atom stereocenters. The van der Waals surface area contributed by atoms with Gasteiger partial charge in [-0.1, -0.05) is 40.0 Å². The molecule has 2 saturated carbocycles. The second kappa shape index (κ2) is 16.2. The number of fused-ring (bicyclic) bond motifs is 2. The third-order valence-corrected chi connectivity index (χ3v) is 11.0. The Hall–Kier alpha value is -4.23. The molecule has 3 heterocycles. The normalized spacial score (nSPS) is 23.2. The Balaban J connectivity index is 1.13. The second-order valence-electron chi connectivity index (χ2n) is 15.9. The minimum atomic E-state index is -1.06. The summed E-state index contributed by atoms with van der Waals surface area (Å²) in [5, 5.41) is 5.80.